The molecule has 1 atom stereocenters. The van der Waals surface area contributed by atoms with Gasteiger partial charge < -0.3 is 9.64 Å². The van der Waals surface area contributed by atoms with E-state index in [1.54, 1.807) is 22.9 Å². The molecule has 0 spiro atoms. The number of hydrogen-bond acceptors (Lipinski definition) is 7. The zero-order valence-corrected chi connectivity index (χ0v) is 16.9. The Kier molecular flexibility index (Phi) is 6.05. The number of rotatable bonds is 7. The largest absolute Gasteiger partial charge is 0.497 e. The number of amides is 1. The van der Waals surface area contributed by atoms with Gasteiger partial charge in [0.15, 0.2) is 15.0 Å². The fraction of sp³-hybridized carbons (Fsp3) is 0.471. The zero-order chi connectivity index (χ0) is 19.4. The summed E-state index contributed by atoms with van der Waals surface area (Å²) >= 11 is 1.29. The molecule has 0 bridgehead atoms. The first kappa shape index (κ1) is 19.7. The van der Waals surface area contributed by atoms with Gasteiger partial charge in [0.25, 0.3) is 0 Å². The van der Waals surface area contributed by atoms with Crippen LogP contribution in [0.4, 0.5) is 0 Å². The minimum Gasteiger partial charge on any atom is -0.497 e. The van der Waals surface area contributed by atoms with E-state index in [9.17, 15) is 13.2 Å². The van der Waals surface area contributed by atoms with Crippen LogP contribution in [0.25, 0.3) is 5.69 Å². The summed E-state index contributed by atoms with van der Waals surface area (Å²) in [6, 6.07) is 7.22. The molecule has 1 aliphatic heterocycles. The molecular formula is C17H22N4O4S2. The third-order valence-corrected chi connectivity index (χ3v) is 7.18. The number of aromatic nitrogens is 3. The fourth-order valence-electron chi connectivity index (χ4n) is 3.11. The molecular weight excluding hydrogens is 388 g/mol. The second-order valence-electron chi connectivity index (χ2n) is 6.21. The highest BCUT2D eigenvalue weighted by atomic mass is 32.2. The van der Waals surface area contributed by atoms with Crippen LogP contribution in [0.15, 0.2) is 35.7 Å². The number of benzene rings is 1. The lowest BCUT2D eigenvalue weighted by Crippen LogP contribution is -2.42. The van der Waals surface area contributed by atoms with Crippen molar-refractivity contribution < 1.29 is 17.9 Å². The summed E-state index contributed by atoms with van der Waals surface area (Å²) in [5.74, 6) is 1.05. The van der Waals surface area contributed by atoms with Gasteiger partial charge in [-0.2, -0.15) is 0 Å². The Morgan fingerprint density at radius 3 is 2.70 bits per heavy atom. The Balaban J connectivity index is 1.66. The van der Waals surface area contributed by atoms with Crippen molar-refractivity contribution in [1.29, 1.82) is 0 Å². The van der Waals surface area contributed by atoms with Crippen LogP contribution in [-0.2, 0) is 14.6 Å². The highest BCUT2D eigenvalue weighted by molar-refractivity contribution is 7.99. The van der Waals surface area contributed by atoms with Crippen LogP contribution >= 0.6 is 11.8 Å². The van der Waals surface area contributed by atoms with Crippen LogP contribution in [0.2, 0.25) is 0 Å². The lowest BCUT2D eigenvalue weighted by atomic mass is 10.2. The molecule has 2 aromatic rings. The molecule has 0 radical (unpaired) electrons. The molecule has 146 valence electrons. The topological polar surface area (TPSA) is 94.4 Å². The van der Waals surface area contributed by atoms with E-state index in [0.717, 1.165) is 11.4 Å². The highest BCUT2D eigenvalue weighted by Crippen LogP contribution is 2.23. The lowest BCUT2D eigenvalue weighted by Gasteiger charge is -2.26. The van der Waals surface area contributed by atoms with Crippen LogP contribution in [0, 0.1) is 0 Å². The van der Waals surface area contributed by atoms with Crippen LogP contribution < -0.4 is 4.74 Å². The summed E-state index contributed by atoms with van der Waals surface area (Å²) < 4.78 is 30.4. The van der Waals surface area contributed by atoms with Crippen molar-refractivity contribution in [3.63, 3.8) is 0 Å². The fourth-order valence-corrected chi connectivity index (χ4v) is 5.66. The average molecular weight is 411 g/mol. The summed E-state index contributed by atoms with van der Waals surface area (Å²) in [6.07, 6.45) is 2.10. The second kappa shape index (κ2) is 8.30. The van der Waals surface area contributed by atoms with Crippen LogP contribution in [0.5, 0.6) is 5.75 Å². The number of nitrogens with zero attached hydrogens (tertiary/aromatic N) is 4. The van der Waals surface area contributed by atoms with Crippen LogP contribution in [0.1, 0.15) is 13.3 Å². The first-order valence-corrected chi connectivity index (χ1v) is 11.4. The average Bonchev–Trinajstić information content (AvgIpc) is 3.27. The van der Waals surface area contributed by atoms with Gasteiger partial charge in [-0.3, -0.25) is 9.36 Å². The summed E-state index contributed by atoms with van der Waals surface area (Å²) in [6.45, 7) is 2.36. The van der Waals surface area contributed by atoms with E-state index in [0.29, 0.717) is 18.1 Å². The molecule has 0 N–H and O–H groups in total. The molecule has 1 fully saturated rings. The molecule has 0 saturated carbocycles. The van der Waals surface area contributed by atoms with Crippen molar-refractivity contribution in [2.45, 2.75) is 24.5 Å². The highest BCUT2D eigenvalue weighted by Gasteiger charge is 2.33. The minimum atomic E-state index is -3.03. The molecule has 2 heterocycles. The van der Waals surface area contributed by atoms with E-state index in [1.807, 2.05) is 31.2 Å². The Morgan fingerprint density at radius 2 is 2.11 bits per heavy atom. The molecule has 1 amide bonds. The Hall–Kier alpha value is -2.07. The standard InChI is InChI=1S/C17H22N4O4S2/c1-3-20(14-8-9-27(23,24)11-14)16(22)10-26-17-19-18-12-21(17)13-4-6-15(25-2)7-5-13/h4-7,12,14H,3,8-11H2,1-2H3/t14-/m1/s1. The Labute approximate surface area is 162 Å². The number of methoxy groups -OCH3 is 1. The third kappa shape index (κ3) is 4.62. The van der Waals surface area contributed by atoms with Crippen molar-refractivity contribution in [1.82, 2.24) is 19.7 Å². The van der Waals surface area contributed by atoms with E-state index in [4.69, 9.17) is 4.74 Å². The van der Waals surface area contributed by atoms with E-state index >= 15 is 0 Å². The van der Waals surface area contributed by atoms with Gasteiger partial charge in [0.2, 0.25) is 5.91 Å². The van der Waals surface area contributed by atoms with E-state index in [2.05, 4.69) is 10.2 Å². The summed E-state index contributed by atoms with van der Waals surface area (Å²) in [4.78, 5) is 14.3. The maximum absolute atomic E-state index is 12.6. The molecule has 1 aromatic heterocycles. The van der Waals surface area contributed by atoms with Gasteiger partial charge in [-0.05, 0) is 37.6 Å². The zero-order valence-electron chi connectivity index (χ0n) is 15.2. The first-order chi connectivity index (χ1) is 12.9. The minimum absolute atomic E-state index is 0.0548. The molecule has 0 aliphatic carbocycles. The molecule has 10 heteroatoms. The van der Waals surface area contributed by atoms with Crippen molar-refractivity contribution in [2.75, 3.05) is 30.9 Å². The van der Waals surface area contributed by atoms with Gasteiger partial charge in [0, 0.05) is 18.3 Å². The summed E-state index contributed by atoms with van der Waals surface area (Å²) in [7, 11) is -1.42. The number of carbonyl (C=O) groups excluding carboxylic acids is 1. The Bertz CT molecular complexity index is 896. The van der Waals surface area contributed by atoms with Crippen LogP contribution in [0.3, 0.4) is 0 Å². The van der Waals surface area contributed by atoms with Gasteiger partial charge in [-0.1, -0.05) is 11.8 Å². The molecule has 0 unspecified atom stereocenters. The predicted molar refractivity (Wildman–Crippen MR) is 103 cm³/mol. The summed E-state index contributed by atoms with van der Waals surface area (Å²) in [5.41, 5.74) is 0.866. The van der Waals surface area contributed by atoms with Crippen molar-refractivity contribution in [3.05, 3.63) is 30.6 Å². The van der Waals surface area contributed by atoms with Gasteiger partial charge in [0.05, 0.1) is 24.4 Å². The van der Waals surface area contributed by atoms with Gasteiger partial charge in [-0.25, -0.2) is 8.42 Å². The number of hydrogen-bond donors (Lipinski definition) is 0. The summed E-state index contributed by atoms with van der Waals surface area (Å²) in [5, 5.41) is 8.63. The second-order valence-corrected chi connectivity index (χ2v) is 9.38. The molecule has 1 aromatic carbocycles. The number of ether oxygens (including phenoxy) is 1. The Morgan fingerprint density at radius 1 is 1.37 bits per heavy atom. The smallest absolute Gasteiger partial charge is 0.233 e. The van der Waals surface area contributed by atoms with Gasteiger partial charge >= 0.3 is 0 Å². The third-order valence-electron chi connectivity index (χ3n) is 4.50. The van der Waals surface area contributed by atoms with Crippen LogP contribution in [-0.4, -0.2) is 70.9 Å². The van der Waals surface area contributed by atoms with E-state index in [1.165, 1.54) is 11.8 Å². The molecule has 1 aliphatic rings. The van der Waals surface area contributed by atoms with Gasteiger partial charge in [0.1, 0.15) is 12.1 Å². The van der Waals surface area contributed by atoms with Gasteiger partial charge in [-0.15, -0.1) is 10.2 Å². The first-order valence-electron chi connectivity index (χ1n) is 8.60. The maximum atomic E-state index is 12.6. The quantitative estimate of drug-likeness (QED) is 0.637. The molecule has 1 saturated heterocycles. The van der Waals surface area contributed by atoms with E-state index in [-0.39, 0.29) is 29.2 Å². The monoisotopic (exact) mass is 410 g/mol. The van der Waals surface area contributed by atoms with Crippen molar-refractivity contribution in [3.8, 4) is 11.4 Å². The SMILES string of the molecule is CCN(C(=O)CSc1nncn1-c1ccc(OC)cc1)[C@@H]1CCS(=O)(=O)C1. The van der Waals surface area contributed by atoms with E-state index < -0.39 is 9.84 Å². The van der Waals surface area contributed by atoms with Crippen molar-refractivity contribution >= 4 is 27.5 Å². The molecule has 3 rings (SSSR count). The number of carbonyl (C=O) groups is 1. The van der Waals surface area contributed by atoms with Crippen molar-refractivity contribution in [2.24, 2.45) is 0 Å². The molecule has 8 nitrogen and oxygen atoms in total. The normalized spacial score (nSPS) is 18.4. The molecule has 27 heavy (non-hydrogen) atoms. The lowest BCUT2D eigenvalue weighted by molar-refractivity contribution is -0.129. The maximum Gasteiger partial charge on any atom is 0.233 e. The number of thioether (sulfide) groups is 1. The predicted octanol–water partition coefficient (Wildman–Crippen LogP) is 1.40. The number of sulfone groups is 1.